The molecule has 2 aliphatic rings. The van der Waals surface area contributed by atoms with Gasteiger partial charge < -0.3 is 10.4 Å². The Kier molecular flexibility index (Phi) is 4.79. The Morgan fingerprint density at radius 1 is 1.35 bits per heavy atom. The summed E-state index contributed by atoms with van der Waals surface area (Å²) in [5, 5.41) is 13.4. The van der Waals surface area contributed by atoms with Crippen LogP contribution in [0.4, 0.5) is 0 Å². The smallest absolute Gasteiger partial charge is 0.0543 e. The minimum Gasteiger partial charge on any atom is -0.393 e. The minimum absolute atomic E-state index is 0.0345. The molecule has 0 aromatic rings. The van der Waals surface area contributed by atoms with E-state index in [0.717, 1.165) is 19.4 Å². The van der Waals surface area contributed by atoms with Crippen molar-refractivity contribution in [2.75, 3.05) is 18.1 Å². The number of hydrogen-bond donors (Lipinski definition) is 2. The molecule has 3 heteroatoms. The van der Waals surface area contributed by atoms with Crippen LogP contribution >= 0.6 is 11.8 Å². The number of nitrogens with one attached hydrogen (secondary N) is 1. The second-order valence-electron chi connectivity index (χ2n) is 6.68. The fraction of sp³-hybridized carbons (Fsp3) is 1.00. The van der Waals surface area contributed by atoms with Gasteiger partial charge in [0.05, 0.1) is 6.10 Å². The van der Waals surface area contributed by atoms with Crippen LogP contribution in [0.3, 0.4) is 0 Å². The van der Waals surface area contributed by atoms with Crippen molar-refractivity contribution in [1.82, 2.24) is 5.32 Å². The summed E-state index contributed by atoms with van der Waals surface area (Å²) in [7, 11) is 0. The zero-order chi connectivity index (χ0) is 12.3. The molecule has 1 saturated carbocycles. The van der Waals surface area contributed by atoms with Crippen molar-refractivity contribution in [2.24, 2.45) is 11.3 Å². The van der Waals surface area contributed by atoms with Crippen LogP contribution in [0.15, 0.2) is 0 Å². The van der Waals surface area contributed by atoms with E-state index in [1.807, 2.05) is 0 Å². The van der Waals surface area contributed by atoms with Gasteiger partial charge in [0, 0.05) is 11.8 Å². The van der Waals surface area contributed by atoms with Gasteiger partial charge in [-0.15, -0.1) is 0 Å². The Morgan fingerprint density at radius 2 is 2.18 bits per heavy atom. The first-order valence-corrected chi connectivity index (χ1v) is 8.20. The molecule has 1 aliphatic carbocycles. The molecule has 0 aromatic heterocycles. The maximum atomic E-state index is 9.67. The second-order valence-corrected chi connectivity index (χ2v) is 7.71. The summed E-state index contributed by atoms with van der Waals surface area (Å²) < 4.78 is 0. The zero-order valence-electron chi connectivity index (χ0n) is 11.2. The average Bonchev–Trinajstić information content (AvgIpc) is 2.25. The Balaban J connectivity index is 1.70. The Hall–Kier alpha value is 0.270. The van der Waals surface area contributed by atoms with Gasteiger partial charge in [0.1, 0.15) is 0 Å². The van der Waals surface area contributed by atoms with Crippen molar-refractivity contribution < 1.29 is 5.11 Å². The fourth-order valence-electron chi connectivity index (χ4n) is 3.17. The fourth-order valence-corrected chi connectivity index (χ4v) is 4.48. The van der Waals surface area contributed by atoms with E-state index in [1.54, 1.807) is 0 Å². The molecule has 1 saturated heterocycles. The van der Waals surface area contributed by atoms with E-state index in [1.165, 1.54) is 30.8 Å². The van der Waals surface area contributed by atoms with E-state index in [4.69, 9.17) is 0 Å². The first-order valence-electron chi connectivity index (χ1n) is 7.04. The van der Waals surface area contributed by atoms with Gasteiger partial charge in [0.25, 0.3) is 0 Å². The van der Waals surface area contributed by atoms with E-state index >= 15 is 0 Å². The van der Waals surface area contributed by atoms with E-state index in [2.05, 4.69) is 30.9 Å². The maximum Gasteiger partial charge on any atom is 0.0543 e. The molecule has 100 valence electrons. The zero-order valence-corrected chi connectivity index (χ0v) is 12.1. The average molecular weight is 257 g/mol. The highest BCUT2D eigenvalue weighted by atomic mass is 32.2. The van der Waals surface area contributed by atoms with Crippen LogP contribution in [0.25, 0.3) is 0 Å². The molecular weight excluding hydrogens is 230 g/mol. The van der Waals surface area contributed by atoms with Crippen molar-refractivity contribution in [3.8, 4) is 0 Å². The molecule has 0 aromatic carbocycles. The van der Waals surface area contributed by atoms with Gasteiger partial charge >= 0.3 is 0 Å². The van der Waals surface area contributed by atoms with E-state index in [-0.39, 0.29) is 6.10 Å². The third-order valence-electron chi connectivity index (χ3n) is 4.06. The lowest BCUT2D eigenvalue weighted by molar-refractivity contribution is 0.0991. The predicted molar refractivity (Wildman–Crippen MR) is 75.5 cm³/mol. The summed E-state index contributed by atoms with van der Waals surface area (Å²) in [6.45, 7) is 5.86. The number of aliphatic hydroxyl groups is 1. The van der Waals surface area contributed by atoms with Gasteiger partial charge in [-0.1, -0.05) is 20.3 Å². The molecule has 0 bridgehead atoms. The van der Waals surface area contributed by atoms with Crippen LogP contribution in [0.2, 0.25) is 0 Å². The highest BCUT2D eigenvalue weighted by Gasteiger charge is 2.29. The van der Waals surface area contributed by atoms with Gasteiger partial charge in [-0.3, -0.25) is 0 Å². The van der Waals surface area contributed by atoms with Crippen molar-refractivity contribution in [2.45, 2.75) is 58.1 Å². The van der Waals surface area contributed by atoms with E-state index < -0.39 is 0 Å². The largest absolute Gasteiger partial charge is 0.393 e. The van der Waals surface area contributed by atoms with Gasteiger partial charge in [-0.05, 0) is 49.3 Å². The molecule has 0 radical (unpaired) electrons. The number of aliphatic hydroxyl groups excluding tert-OH is 1. The molecule has 2 rings (SSSR count). The normalized spacial score (nSPS) is 37.9. The van der Waals surface area contributed by atoms with Gasteiger partial charge in [-0.2, -0.15) is 11.8 Å². The van der Waals surface area contributed by atoms with Crippen molar-refractivity contribution in [1.29, 1.82) is 0 Å². The van der Waals surface area contributed by atoms with Crippen LogP contribution in [0.5, 0.6) is 0 Å². The van der Waals surface area contributed by atoms with Crippen molar-refractivity contribution in [3.05, 3.63) is 0 Å². The third kappa shape index (κ3) is 4.46. The lowest BCUT2D eigenvalue weighted by Crippen LogP contribution is -2.43. The number of hydrogen-bond acceptors (Lipinski definition) is 3. The van der Waals surface area contributed by atoms with E-state index in [0.29, 0.717) is 17.4 Å². The monoisotopic (exact) mass is 257 g/mol. The van der Waals surface area contributed by atoms with Crippen LogP contribution in [0.1, 0.15) is 46.0 Å². The third-order valence-corrected chi connectivity index (χ3v) is 5.68. The molecule has 1 heterocycles. The van der Waals surface area contributed by atoms with Gasteiger partial charge in [0.2, 0.25) is 0 Å². The molecule has 2 fully saturated rings. The first-order chi connectivity index (χ1) is 8.05. The molecule has 17 heavy (non-hydrogen) atoms. The summed E-state index contributed by atoms with van der Waals surface area (Å²) in [6.07, 6.45) is 5.80. The summed E-state index contributed by atoms with van der Waals surface area (Å²) in [6, 6.07) is 0.683. The number of thioether (sulfide) groups is 1. The van der Waals surface area contributed by atoms with Gasteiger partial charge in [0.15, 0.2) is 0 Å². The summed E-state index contributed by atoms with van der Waals surface area (Å²) in [5.41, 5.74) is 0.493. The quantitative estimate of drug-likeness (QED) is 0.815. The molecule has 0 amide bonds. The summed E-state index contributed by atoms with van der Waals surface area (Å²) >= 11 is 2.09. The lowest BCUT2D eigenvalue weighted by Gasteiger charge is -2.36. The standard InChI is InChI=1S/C14H27NOS/c1-14(2)7-12(9-17-10-14)15-8-11-4-3-5-13(16)6-11/h11-13,15-16H,3-10H2,1-2H3. The maximum absolute atomic E-state index is 9.67. The first kappa shape index (κ1) is 13.7. The molecule has 0 spiro atoms. The number of rotatable bonds is 3. The summed E-state index contributed by atoms with van der Waals surface area (Å²) in [5.74, 6) is 3.26. The Bertz CT molecular complexity index is 244. The van der Waals surface area contributed by atoms with E-state index in [9.17, 15) is 5.11 Å². The van der Waals surface area contributed by atoms with Crippen LogP contribution in [-0.2, 0) is 0 Å². The van der Waals surface area contributed by atoms with Crippen molar-refractivity contribution in [3.63, 3.8) is 0 Å². The second kappa shape index (κ2) is 5.94. The molecule has 3 atom stereocenters. The molecule has 2 N–H and O–H groups in total. The lowest BCUT2D eigenvalue weighted by atomic mass is 9.85. The predicted octanol–water partition coefficient (Wildman–Crippen LogP) is 2.66. The highest BCUT2D eigenvalue weighted by molar-refractivity contribution is 7.99. The summed E-state index contributed by atoms with van der Waals surface area (Å²) in [4.78, 5) is 0. The van der Waals surface area contributed by atoms with Gasteiger partial charge in [-0.25, -0.2) is 0 Å². The Labute approximate surface area is 110 Å². The Morgan fingerprint density at radius 3 is 2.88 bits per heavy atom. The molecule has 2 nitrogen and oxygen atoms in total. The molecule has 3 unspecified atom stereocenters. The molecule has 1 aliphatic heterocycles. The van der Waals surface area contributed by atoms with Crippen LogP contribution < -0.4 is 5.32 Å². The SMILES string of the molecule is CC1(C)CSCC(NCC2CCCC(O)C2)C1. The topological polar surface area (TPSA) is 32.3 Å². The van der Waals surface area contributed by atoms with Crippen LogP contribution in [-0.4, -0.2) is 35.3 Å². The van der Waals surface area contributed by atoms with Crippen molar-refractivity contribution >= 4 is 11.8 Å². The highest BCUT2D eigenvalue weighted by Crippen LogP contribution is 2.33. The minimum atomic E-state index is -0.0345. The van der Waals surface area contributed by atoms with Crippen LogP contribution in [0, 0.1) is 11.3 Å². The molecular formula is C14H27NOS.